The van der Waals surface area contributed by atoms with E-state index in [2.05, 4.69) is 32.6 Å². The zero-order valence-electron chi connectivity index (χ0n) is 11.6. The van der Waals surface area contributed by atoms with E-state index in [1.807, 2.05) is 0 Å². The van der Waals surface area contributed by atoms with Gasteiger partial charge in [0.1, 0.15) is 0 Å². The van der Waals surface area contributed by atoms with Gasteiger partial charge in [-0.15, -0.1) is 0 Å². The summed E-state index contributed by atoms with van der Waals surface area (Å²) in [6.45, 7) is 11.6. The van der Waals surface area contributed by atoms with Gasteiger partial charge in [0, 0.05) is 19.1 Å². The summed E-state index contributed by atoms with van der Waals surface area (Å²) >= 11 is 0. The Hall–Kier alpha value is -0.120. The van der Waals surface area contributed by atoms with Gasteiger partial charge in [-0.05, 0) is 38.0 Å². The molecule has 0 radical (unpaired) electrons. The molecule has 1 saturated heterocycles. The first-order valence-corrected chi connectivity index (χ1v) is 6.94. The van der Waals surface area contributed by atoms with Crippen molar-refractivity contribution in [3.63, 3.8) is 0 Å². The van der Waals surface area contributed by atoms with Crippen molar-refractivity contribution in [1.82, 2.24) is 4.90 Å². The second-order valence-electron chi connectivity index (χ2n) is 6.68. The van der Waals surface area contributed by atoms with E-state index in [4.69, 9.17) is 4.74 Å². The summed E-state index contributed by atoms with van der Waals surface area (Å²) in [7, 11) is 0. The lowest BCUT2D eigenvalue weighted by Gasteiger charge is -2.39. The summed E-state index contributed by atoms with van der Waals surface area (Å²) in [6, 6.07) is 0.488. The molecule has 0 aromatic carbocycles. The van der Waals surface area contributed by atoms with Crippen LogP contribution in [0, 0.1) is 11.3 Å². The van der Waals surface area contributed by atoms with Gasteiger partial charge < -0.3 is 9.84 Å². The van der Waals surface area contributed by atoms with Crippen LogP contribution in [0.5, 0.6) is 0 Å². The Kier molecular flexibility index (Phi) is 3.81. The molecule has 2 rings (SSSR count). The lowest BCUT2D eigenvalue weighted by Crippen LogP contribution is -2.50. The van der Waals surface area contributed by atoms with Crippen molar-refractivity contribution in [2.75, 3.05) is 19.7 Å². The topological polar surface area (TPSA) is 32.7 Å². The molecule has 3 heteroatoms. The second-order valence-corrected chi connectivity index (χ2v) is 6.68. The van der Waals surface area contributed by atoms with Crippen LogP contribution in [0.2, 0.25) is 0 Å². The third-order valence-electron chi connectivity index (χ3n) is 4.61. The first kappa shape index (κ1) is 13.3. The molecule has 1 aliphatic carbocycles. The Morgan fingerprint density at radius 3 is 2.65 bits per heavy atom. The number of aliphatic hydroxyl groups is 1. The van der Waals surface area contributed by atoms with Crippen LogP contribution < -0.4 is 0 Å². The van der Waals surface area contributed by atoms with Crippen LogP contribution in [0.4, 0.5) is 0 Å². The molecule has 0 bridgehead atoms. The molecule has 1 heterocycles. The van der Waals surface area contributed by atoms with Crippen molar-refractivity contribution >= 4 is 0 Å². The lowest BCUT2D eigenvalue weighted by atomic mass is 9.87. The van der Waals surface area contributed by atoms with E-state index >= 15 is 0 Å². The van der Waals surface area contributed by atoms with Crippen molar-refractivity contribution in [2.45, 2.75) is 58.8 Å². The van der Waals surface area contributed by atoms with Gasteiger partial charge >= 0.3 is 0 Å². The monoisotopic (exact) mass is 241 g/mol. The molecule has 1 saturated carbocycles. The van der Waals surface area contributed by atoms with Crippen LogP contribution in [0.3, 0.4) is 0 Å². The van der Waals surface area contributed by atoms with Crippen LogP contribution in [-0.2, 0) is 4.74 Å². The second kappa shape index (κ2) is 4.87. The number of morpholine rings is 1. The Balaban J connectivity index is 1.92. The molecule has 0 amide bonds. The average molecular weight is 241 g/mol. The van der Waals surface area contributed by atoms with E-state index in [-0.39, 0.29) is 11.5 Å². The van der Waals surface area contributed by atoms with E-state index in [1.165, 1.54) is 0 Å². The number of hydrogen-bond acceptors (Lipinski definition) is 3. The summed E-state index contributed by atoms with van der Waals surface area (Å²) in [5, 5.41) is 10.3. The smallest absolute Gasteiger partial charge is 0.0674 e. The van der Waals surface area contributed by atoms with Crippen molar-refractivity contribution < 1.29 is 9.84 Å². The summed E-state index contributed by atoms with van der Waals surface area (Å²) in [5.41, 5.74) is 0.103. The van der Waals surface area contributed by atoms with E-state index in [1.54, 1.807) is 0 Å². The van der Waals surface area contributed by atoms with Crippen molar-refractivity contribution in [3.05, 3.63) is 0 Å². The predicted molar refractivity (Wildman–Crippen MR) is 69.0 cm³/mol. The molecule has 1 aliphatic heterocycles. The number of nitrogens with zero attached hydrogens (tertiary/aromatic N) is 1. The standard InChI is InChI=1S/C14H27NO2/c1-10-9-17-11(2)7-15(10)8-12-5-6-14(3,4)13(12)16/h10-13,16H,5-9H2,1-4H3. The van der Waals surface area contributed by atoms with Crippen LogP contribution in [0.15, 0.2) is 0 Å². The van der Waals surface area contributed by atoms with Gasteiger partial charge in [0.25, 0.3) is 0 Å². The number of hydrogen-bond donors (Lipinski definition) is 1. The van der Waals surface area contributed by atoms with Gasteiger partial charge in [-0.1, -0.05) is 13.8 Å². The zero-order valence-corrected chi connectivity index (χ0v) is 11.6. The third kappa shape index (κ3) is 2.83. The largest absolute Gasteiger partial charge is 0.392 e. The maximum absolute atomic E-state index is 10.3. The Labute approximate surface area is 105 Å². The quantitative estimate of drug-likeness (QED) is 0.801. The SMILES string of the molecule is CC1CN(CC2CCC(C)(C)C2O)C(C)CO1. The van der Waals surface area contributed by atoms with Crippen molar-refractivity contribution in [1.29, 1.82) is 0 Å². The third-order valence-corrected chi connectivity index (χ3v) is 4.61. The molecule has 4 atom stereocenters. The maximum Gasteiger partial charge on any atom is 0.0674 e. The highest BCUT2D eigenvalue weighted by atomic mass is 16.5. The molecule has 2 fully saturated rings. The molecule has 0 aromatic heterocycles. The summed E-state index contributed by atoms with van der Waals surface area (Å²) in [4.78, 5) is 2.49. The molecule has 4 unspecified atom stereocenters. The van der Waals surface area contributed by atoms with Gasteiger partial charge in [-0.25, -0.2) is 0 Å². The fourth-order valence-electron chi connectivity index (χ4n) is 3.22. The molecule has 1 N–H and O–H groups in total. The molecular formula is C14H27NO2. The first-order valence-electron chi connectivity index (χ1n) is 6.94. The average Bonchev–Trinajstić information content (AvgIpc) is 2.51. The highest BCUT2D eigenvalue weighted by molar-refractivity contribution is 4.93. The van der Waals surface area contributed by atoms with Gasteiger partial charge in [0.15, 0.2) is 0 Å². The van der Waals surface area contributed by atoms with Crippen molar-refractivity contribution in [2.24, 2.45) is 11.3 Å². The minimum absolute atomic E-state index is 0.103. The fourth-order valence-corrected chi connectivity index (χ4v) is 3.22. The summed E-state index contributed by atoms with van der Waals surface area (Å²) in [6.07, 6.45) is 2.49. The van der Waals surface area contributed by atoms with E-state index < -0.39 is 0 Å². The van der Waals surface area contributed by atoms with Gasteiger partial charge in [-0.3, -0.25) is 4.90 Å². The van der Waals surface area contributed by atoms with E-state index in [0.29, 0.717) is 18.1 Å². The summed E-state index contributed by atoms with van der Waals surface area (Å²) in [5.74, 6) is 0.442. The minimum atomic E-state index is -0.146. The van der Waals surface area contributed by atoms with Crippen LogP contribution in [0.25, 0.3) is 0 Å². The van der Waals surface area contributed by atoms with Crippen molar-refractivity contribution in [3.8, 4) is 0 Å². The van der Waals surface area contributed by atoms with Gasteiger partial charge in [-0.2, -0.15) is 0 Å². The first-order chi connectivity index (χ1) is 7.90. The minimum Gasteiger partial charge on any atom is -0.392 e. The van der Waals surface area contributed by atoms with Gasteiger partial charge in [0.2, 0.25) is 0 Å². The molecular weight excluding hydrogens is 214 g/mol. The Bertz CT molecular complexity index is 267. The molecule has 17 heavy (non-hydrogen) atoms. The number of rotatable bonds is 2. The molecule has 2 aliphatic rings. The maximum atomic E-state index is 10.3. The molecule has 0 spiro atoms. The van der Waals surface area contributed by atoms with E-state index in [0.717, 1.165) is 32.5 Å². The predicted octanol–water partition coefficient (Wildman–Crippen LogP) is 1.89. The Morgan fingerprint density at radius 2 is 2.06 bits per heavy atom. The van der Waals surface area contributed by atoms with Gasteiger partial charge in [0.05, 0.1) is 18.8 Å². The van der Waals surface area contributed by atoms with Crippen LogP contribution >= 0.6 is 0 Å². The normalized spacial score (nSPS) is 42.9. The Morgan fingerprint density at radius 1 is 1.35 bits per heavy atom. The van der Waals surface area contributed by atoms with E-state index in [9.17, 15) is 5.11 Å². The fraction of sp³-hybridized carbons (Fsp3) is 1.00. The highest BCUT2D eigenvalue weighted by Gasteiger charge is 2.42. The summed E-state index contributed by atoms with van der Waals surface area (Å²) < 4.78 is 5.65. The van der Waals surface area contributed by atoms with Crippen LogP contribution in [0.1, 0.15) is 40.5 Å². The number of ether oxygens (including phenoxy) is 1. The zero-order chi connectivity index (χ0) is 12.6. The molecule has 0 aromatic rings. The highest BCUT2D eigenvalue weighted by Crippen LogP contribution is 2.41. The number of aliphatic hydroxyl groups excluding tert-OH is 1. The molecule has 3 nitrogen and oxygen atoms in total. The molecule has 100 valence electrons. The van der Waals surface area contributed by atoms with Crippen LogP contribution in [-0.4, -0.2) is 48.0 Å². The lowest BCUT2D eigenvalue weighted by molar-refractivity contribution is -0.0630.